The van der Waals surface area contributed by atoms with Crippen molar-refractivity contribution in [2.24, 2.45) is 11.7 Å². The van der Waals surface area contributed by atoms with Gasteiger partial charge < -0.3 is 5.73 Å². The predicted molar refractivity (Wildman–Crippen MR) is 57.3 cm³/mol. The van der Waals surface area contributed by atoms with Gasteiger partial charge >= 0.3 is 0 Å². The van der Waals surface area contributed by atoms with Crippen molar-refractivity contribution in [1.29, 1.82) is 0 Å². The first-order chi connectivity index (χ1) is 6.81. The summed E-state index contributed by atoms with van der Waals surface area (Å²) in [6.45, 7) is 0.787. The molecule has 4 heteroatoms. The van der Waals surface area contributed by atoms with Crippen LogP contribution in [0.15, 0.2) is 12.3 Å². The molecule has 14 heavy (non-hydrogen) atoms. The van der Waals surface area contributed by atoms with E-state index in [2.05, 4.69) is 5.10 Å². The van der Waals surface area contributed by atoms with E-state index in [1.54, 1.807) is 6.20 Å². The molecule has 1 fully saturated rings. The molecule has 1 aromatic rings. The lowest BCUT2D eigenvalue weighted by atomic mass is 9.86. The molecule has 1 aromatic heterocycles. The van der Waals surface area contributed by atoms with Crippen molar-refractivity contribution in [3.05, 3.63) is 17.4 Å². The Morgan fingerprint density at radius 2 is 2.43 bits per heavy atom. The molecule has 3 nitrogen and oxygen atoms in total. The molecule has 0 amide bonds. The quantitative estimate of drug-likeness (QED) is 0.819. The van der Waals surface area contributed by atoms with Crippen molar-refractivity contribution in [2.75, 3.05) is 6.54 Å². The second-order valence-electron chi connectivity index (χ2n) is 4.02. The summed E-state index contributed by atoms with van der Waals surface area (Å²) in [6, 6.07) is 2.30. The Kier molecular flexibility index (Phi) is 3.08. The van der Waals surface area contributed by atoms with Gasteiger partial charge in [0.05, 0.1) is 12.2 Å². The summed E-state index contributed by atoms with van der Waals surface area (Å²) in [4.78, 5) is 0. The van der Waals surface area contributed by atoms with Crippen LogP contribution in [0.2, 0.25) is 5.15 Å². The van der Waals surface area contributed by atoms with Gasteiger partial charge in [0.2, 0.25) is 0 Å². The molecule has 0 saturated heterocycles. The first-order valence-electron chi connectivity index (χ1n) is 5.20. The first kappa shape index (κ1) is 9.99. The zero-order valence-electron chi connectivity index (χ0n) is 8.19. The minimum atomic E-state index is 0.458. The molecule has 78 valence electrons. The summed E-state index contributed by atoms with van der Waals surface area (Å²) in [7, 11) is 0. The maximum atomic E-state index is 6.03. The Morgan fingerprint density at radius 3 is 3.07 bits per heavy atom. The summed E-state index contributed by atoms with van der Waals surface area (Å²) in [6.07, 6.45) is 6.55. The standard InChI is InChI=1S/C10H16ClN3/c11-10-4-5-13-14(10)9-3-1-2-8(6-9)7-12/h4-5,8-9H,1-3,6-7,12H2. The molecule has 2 atom stereocenters. The Morgan fingerprint density at radius 1 is 1.57 bits per heavy atom. The predicted octanol–water partition coefficient (Wildman–Crippen LogP) is 2.23. The number of halogens is 1. The monoisotopic (exact) mass is 213 g/mol. The topological polar surface area (TPSA) is 43.8 Å². The summed E-state index contributed by atoms with van der Waals surface area (Å²) in [5, 5.41) is 5.00. The van der Waals surface area contributed by atoms with E-state index in [9.17, 15) is 0 Å². The number of nitrogens with zero attached hydrogens (tertiary/aromatic N) is 2. The van der Waals surface area contributed by atoms with Crippen LogP contribution < -0.4 is 5.73 Å². The minimum Gasteiger partial charge on any atom is -0.330 e. The van der Waals surface area contributed by atoms with Crippen molar-refractivity contribution >= 4 is 11.6 Å². The molecular weight excluding hydrogens is 198 g/mol. The second kappa shape index (κ2) is 4.32. The maximum Gasteiger partial charge on any atom is 0.127 e. The van der Waals surface area contributed by atoms with Gasteiger partial charge in [0, 0.05) is 0 Å². The van der Waals surface area contributed by atoms with Crippen LogP contribution in [-0.4, -0.2) is 16.3 Å². The number of aromatic nitrogens is 2. The SMILES string of the molecule is NCC1CCCC(n2nccc2Cl)C1. The second-order valence-corrected chi connectivity index (χ2v) is 4.41. The van der Waals surface area contributed by atoms with E-state index in [0.717, 1.165) is 18.1 Å². The van der Waals surface area contributed by atoms with Gasteiger partial charge in [-0.3, -0.25) is 4.68 Å². The molecule has 0 aromatic carbocycles. The summed E-state index contributed by atoms with van der Waals surface area (Å²) >= 11 is 6.03. The van der Waals surface area contributed by atoms with Crippen LogP contribution in [0, 0.1) is 5.92 Å². The van der Waals surface area contributed by atoms with E-state index in [4.69, 9.17) is 17.3 Å². The lowest BCUT2D eigenvalue weighted by Gasteiger charge is -2.28. The average molecular weight is 214 g/mol. The van der Waals surface area contributed by atoms with E-state index >= 15 is 0 Å². The highest BCUT2D eigenvalue weighted by molar-refractivity contribution is 6.29. The molecule has 1 saturated carbocycles. The molecule has 1 aliphatic carbocycles. The number of hydrogen-bond donors (Lipinski definition) is 1. The van der Waals surface area contributed by atoms with E-state index in [1.165, 1.54) is 19.3 Å². The molecular formula is C10H16ClN3. The van der Waals surface area contributed by atoms with Gasteiger partial charge in [-0.2, -0.15) is 5.10 Å². The van der Waals surface area contributed by atoms with Crippen LogP contribution in [0.1, 0.15) is 31.7 Å². The zero-order chi connectivity index (χ0) is 9.97. The van der Waals surface area contributed by atoms with E-state index in [0.29, 0.717) is 12.0 Å². The molecule has 2 N–H and O–H groups in total. The Labute approximate surface area is 89.2 Å². The van der Waals surface area contributed by atoms with Crippen molar-refractivity contribution in [1.82, 2.24) is 9.78 Å². The molecule has 0 bridgehead atoms. The third kappa shape index (κ3) is 1.93. The summed E-state index contributed by atoms with van der Waals surface area (Å²) in [5.74, 6) is 0.647. The summed E-state index contributed by atoms with van der Waals surface area (Å²) < 4.78 is 1.93. The average Bonchev–Trinajstić information content (AvgIpc) is 2.65. The van der Waals surface area contributed by atoms with Gasteiger partial charge in [0.1, 0.15) is 5.15 Å². The molecule has 0 spiro atoms. The largest absolute Gasteiger partial charge is 0.330 e. The van der Waals surface area contributed by atoms with Crippen LogP contribution >= 0.6 is 11.6 Å². The van der Waals surface area contributed by atoms with Crippen molar-refractivity contribution in [2.45, 2.75) is 31.7 Å². The fraction of sp³-hybridized carbons (Fsp3) is 0.700. The van der Waals surface area contributed by atoms with Crippen molar-refractivity contribution in [3.8, 4) is 0 Å². The normalized spacial score (nSPS) is 27.9. The number of nitrogens with two attached hydrogens (primary N) is 1. The third-order valence-electron chi connectivity index (χ3n) is 3.06. The van der Waals surface area contributed by atoms with Crippen LogP contribution in [0.4, 0.5) is 0 Å². The first-order valence-corrected chi connectivity index (χ1v) is 5.58. The Balaban J connectivity index is 2.08. The van der Waals surface area contributed by atoms with Crippen LogP contribution in [-0.2, 0) is 0 Å². The highest BCUT2D eigenvalue weighted by Gasteiger charge is 2.23. The van der Waals surface area contributed by atoms with Gasteiger partial charge in [-0.1, -0.05) is 18.0 Å². The summed E-state index contributed by atoms with van der Waals surface area (Å²) in [5.41, 5.74) is 5.69. The van der Waals surface area contributed by atoms with Crippen LogP contribution in [0.3, 0.4) is 0 Å². The molecule has 1 aliphatic rings. The van der Waals surface area contributed by atoms with Crippen LogP contribution in [0.5, 0.6) is 0 Å². The molecule has 0 radical (unpaired) electrons. The third-order valence-corrected chi connectivity index (χ3v) is 3.36. The minimum absolute atomic E-state index is 0.458. The highest BCUT2D eigenvalue weighted by Crippen LogP contribution is 2.33. The van der Waals surface area contributed by atoms with Gasteiger partial charge in [-0.25, -0.2) is 0 Å². The van der Waals surface area contributed by atoms with Gasteiger partial charge in [0.15, 0.2) is 0 Å². The number of hydrogen-bond acceptors (Lipinski definition) is 2. The highest BCUT2D eigenvalue weighted by atomic mass is 35.5. The molecule has 1 heterocycles. The van der Waals surface area contributed by atoms with Crippen molar-refractivity contribution < 1.29 is 0 Å². The smallest absolute Gasteiger partial charge is 0.127 e. The Bertz CT molecular complexity index is 297. The fourth-order valence-electron chi connectivity index (χ4n) is 2.27. The lowest BCUT2D eigenvalue weighted by Crippen LogP contribution is -2.25. The zero-order valence-corrected chi connectivity index (χ0v) is 8.95. The van der Waals surface area contributed by atoms with E-state index in [1.807, 2.05) is 10.7 Å². The molecule has 2 rings (SSSR count). The lowest BCUT2D eigenvalue weighted by molar-refractivity contribution is 0.257. The molecule has 2 unspecified atom stereocenters. The Hall–Kier alpha value is -0.540. The van der Waals surface area contributed by atoms with E-state index in [-0.39, 0.29) is 0 Å². The molecule has 0 aliphatic heterocycles. The number of rotatable bonds is 2. The van der Waals surface area contributed by atoms with Crippen molar-refractivity contribution in [3.63, 3.8) is 0 Å². The van der Waals surface area contributed by atoms with Gasteiger partial charge in [0.25, 0.3) is 0 Å². The van der Waals surface area contributed by atoms with Gasteiger partial charge in [-0.15, -0.1) is 0 Å². The van der Waals surface area contributed by atoms with Gasteiger partial charge in [-0.05, 0) is 37.8 Å². The fourth-order valence-corrected chi connectivity index (χ4v) is 2.50. The van der Waals surface area contributed by atoms with Crippen LogP contribution in [0.25, 0.3) is 0 Å². The van der Waals surface area contributed by atoms with E-state index < -0.39 is 0 Å². The maximum absolute atomic E-state index is 6.03.